The van der Waals surface area contributed by atoms with E-state index in [0.29, 0.717) is 24.6 Å². The molecule has 2 rings (SSSR count). The zero-order chi connectivity index (χ0) is 20.0. The average Bonchev–Trinajstić information content (AvgIpc) is 2.63. The van der Waals surface area contributed by atoms with E-state index < -0.39 is 16.5 Å². The van der Waals surface area contributed by atoms with Gasteiger partial charge < -0.3 is 9.05 Å². The minimum atomic E-state index is -3.02. The summed E-state index contributed by atoms with van der Waals surface area (Å²) in [5.74, 6) is 0.690. The third-order valence-corrected chi connectivity index (χ3v) is 6.89. The Labute approximate surface area is 161 Å². The van der Waals surface area contributed by atoms with Crippen molar-refractivity contribution >= 4 is 29.8 Å². The molecule has 0 amide bonds. The summed E-state index contributed by atoms with van der Waals surface area (Å²) in [6, 6.07) is 11.1. The summed E-state index contributed by atoms with van der Waals surface area (Å²) < 4.78 is 13.7. The second kappa shape index (κ2) is 8.90. The molecule has 0 fully saturated rings. The van der Waals surface area contributed by atoms with Gasteiger partial charge in [-0.15, -0.1) is 0 Å². The van der Waals surface area contributed by atoms with Crippen molar-refractivity contribution in [2.45, 2.75) is 13.8 Å². The maximum Gasteiger partial charge on any atom is 0.367 e. The first kappa shape index (κ1) is 20.8. The Morgan fingerprint density at radius 2 is 1.19 bits per heavy atom. The summed E-state index contributed by atoms with van der Waals surface area (Å²) in [6.45, 7) is 1.91. The highest BCUT2D eigenvalue weighted by atomic mass is 32.5. The lowest BCUT2D eigenvalue weighted by Gasteiger charge is -2.32. The fourth-order valence-electron chi connectivity index (χ4n) is 2.23. The SMILES string of the molecule is CCN(CC)P(=S)(Oc1ccc([N+](=O)[O-])cc1)Oc1ccc([N+](=O)[O-])cc1. The summed E-state index contributed by atoms with van der Waals surface area (Å²) in [6.07, 6.45) is 0. The van der Waals surface area contributed by atoms with Crippen molar-refractivity contribution in [3.8, 4) is 11.5 Å². The van der Waals surface area contributed by atoms with Gasteiger partial charge >= 0.3 is 6.64 Å². The van der Waals surface area contributed by atoms with Crippen LogP contribution in [0.15, 0.2) is 48.5 Å². The highest BCUT2D eigenvalue weighted by Gasteiger charge is 2.30. The first-order chi connectivity index (χ1) is 12.8. The molecule has 2 aromatic carbocycles. The van der Waals surface area contributed by atoms with Crippen LogP contribution in [0.4, 0.5) is 11.4 Å². The van der Waals surface area contributed by atoms with E-state index in [-0.39, 0.29) is 11.4 Å². The molecule has 0 radical (unpaired) electrons. The molecule has 0 unspecified atom stereocenters. The van der Waals surface area contributed by atoms with Crippen LogP contribution < -0.4 is 9.05 Å². The Bertz CT molecular complexity index is 792. The molecule has 0 aliphatic carbocycles. The standard InChI is InChI=1S/C16H18N3O6PS/c1-3-17(4-2)26(27,24-15-9-5-13(6-10-15)18(20)21)25-16-11-7-14(8-12-16)19(22)23/h5-12H,3-4H2,1-2H3. The number of non-ortho nitro benzene ring substituents is 2. The molecule has 27 heavy (non-hydrogen) atoms. The van der Waals surface area contributed by atoms with Crippen molar-refractivity contribution in [1.29, 1.82) is 0 Å². The monoisotopic (exact) mass is 411 g/mol. The lowest BCUT2D eigenvalue weighted by Crippen LogP contribution is -2.25. The van der Waals surface area contributed by atoms with Crippen LogP contribution in [0.25, 0.3) is 0 Å². The zero-order valence-corrected chi connectivity index (χ0v) is 16.4. The minimum absolute atomic E-state index is 0.0604. The van der Waals surface area contributed by atoms with Gasteiger partial charge in [0, 0.05) is 49.2 Å². The third kappa shape index (κ3) is 5.22. The number of nitro benzene ring substituents is 2. The van der Waals surface area contributed by atoms with E-state index in [0.717, 1.165) is 0 Å². The number of hydrogen-bond donors (Lipinski definition) is 0. The van der Waals surface area contributed by atoms with Gasteiger partial charge in [-0.3, -0.25) is 20.2 Å². The fraction of sp³-hybridized carbons (Fsp3) is 0.250. The van der Waals surface area contributed by atoms with Crippen LogP contribution in [0.1, 0.15) is 13.8 Å². The van der Waals surface area contributed by atoms with E-state index in [9.17, 15) is 20.2 Å². The molecule has 9 nitrogen and oxygen atoms in total. The highest BCUT2D eigenvalue weighted by molar-refractivity contribution is 8.09. The molecule has 0 spiro atoms. The Kier molecular flexibility index (Phi) is 6.84. The normalized spacial score (nSPS) is 11.2. The molecule has 0 heterocycles. The van der Waals surface area contributed by atoms with Gasteiger partial charge in [0.1, 0.15) is 11.5 Å². The van der Waals surface area contributed by atoms with E-state index in [1.165, 1.54) is 48.5 Å². The van der Waals surface area contributed by atoms with Crippen LogP contribution >= 0.6 is 6.64 Å². The van der Waals surface area contributed by atoms with E-state index in [1.54, 1.807) is 0 Å². The van der Waals surface area contributed by atoms with Crippen molar-refractivity contribution in [3.63, 3.8) is 0 Å². The maximum absolute atomic E-state index is 10.8. The minimum Gasteiger partial charge on any atom is -0.424 e. The predicted molar refractivity (Wildman–Crippen MR) is 105 cm³/mol. The van der Waals surface area contributed by atoms with Gasteiger partial charge in [-0.25, -0.2) is 4.67 Å². The van der Waals surface area contributed by atoms with E-state index >= 15 is 0 Å². The molecular formula is C16H18N3O6PS. The number of rotatable bonds is 9. The van der Waals surface area contributed by atoms with Crippen LogP contribution in [0.2, 0.25) is 0 Å². The molecule has 0 saturated heterocycles. The number of benzene rings is 2. The lowest BCUT2D eigenvalue weighted by molar-refractivity contribution is -0.385. The first-order valence-electron chi connectivity index (χ1n) is 8.02. The molecule has 0 aliphatic heterocycles. The Morgan fingerprint density at radius 3 is 1.44 bits per heavy atom. The van der Waals surface area contributed by atoms with Gasteiger partial charge in [0.2, 0.25) is 0 Å². The van der Waals surface area contributed by atoms with Crippen molar-refractivity contribution in [3.05, 3.63) is 68.8 Å². The van der Waals surface area contributed by atoms with Crippen LogP contribution in [-0.4, -0.2) is 27.6 Å². The van der Waals surface area contributed by atoms with Gasteiger partial charge in [-0.05, 0) is 24.3 Å². The Hall–Kier alpha value is -2.55. The summed E-state index contributed by atoms with van der Waals surface area (Å²) in [5, 5.41) is 21.6. The molecule has 0 saturated carbocycles. The van der Waals surface area contributed by atoms with Crippen LogP contribution in [0, 0.1) is 20.2 Å². The van der Waals surface area contributed by atoms with Crippen LogP contribution in [0.3, 0.4) is 0 Å². The number of nitrogens with zero attached hydrogens (tertiary/aromatic N) is 3. The summed E-state index contributed by atoms with van der Waals surface area (Å²) in [4.78, 5) is 20.6. The van der Waals surface area contributed by atoms with Gasteiger partial charge in [-0.1, -0.05) is 13.8 Å². The molecule has 2 aromatic rings. The van der Waals surface area contributed by atoms with E-state index in [2.05, 4.69) is 0 Å². The Morgan fingerprint density at radius 1 is 0.852 bits per heavy atom. The van der Waals surface area contributed by atoms with Gasteiger partial charge in [-0.2, -0.15) is 0 Å². The van der Waals surface area contributed by atoms with E-state index in [4.69, 9.17) is 20.9 Å². The second-order valence-electron chi connectivity index (χ2n) is 5.29. The highest BCUT2D eigenvalue weighted by Crippen LogP contribution is 2.52. The molecule has 0 aliphatic rings. The molecule has 0 N–H and O–H groups in total. The van der Waals surface area contributed by atoms with Crippen LogP contribution in [-0.2, 0) is 11.8 Å². The molecule has 144 valence electrons. The first-order valence-corrected chi connectivity index (χ1v) is 10.6. The van der Waals surface area contributed by atoms with Gasteiger partial charge in [0.05, 0.1) is 9.85 Å². The smallest absolute Gasteiger partial charge is 0.367 e. The summed E-state index contributed by atoms with van der Waals surface area (Å²) in [7, 11) is 0. The Balaban J connectivity index is 2.30. The number of hydrogen-bond acceptors (Lipinski definition) is 7. The van der Waals surface area contributed by atoms with Crippen molar-refractivity contribution in [2.75, 3.05) is 13.1 Å². The maximum atomic E-state index is 10.8. The summed E-state index contributed by atoms with van der Waals surface area (Å²) >= 11 is 5.68. The van der Waals surface area contributed by atoms with Crippen molar-refractivity contribution in [1.82, 2.24) is 4.67 Å². The average molecular weight is 411 g/mol. The lowest BCUT2D eigenvalue weighted by atomic mass is 10.3. The van der Waals surface area contributed by atoms with Gasteiger partial charge in [0.15, 0.2) is 0 Å². The summed E-state index contributed by atoms with van der Waals surface area (Å²) in [5.41, 5.74) is -0.121. The van der Waals surface area contributed by atoms with Gasteiger partial charge in [0.25, 0.3) is 11.4 Å². The fourth-order valence-corrected chi connectivity index (χ4v) is 5.17. The number of nitro groups is 2. The van der Waals surface area contributed by atoms with Crippen molar-refractivity contribution < 1.29 is 18.9 Å². The molecular weight excluding hydrogens is 393 g/mol. The molecule has 0 aromatic heterocycles. The molecule has 0 bridgehead atoms. The quantitative estimate of drug-likeness (QED) is 0.336. The second-order valence-corrected chi connectivity index (χ2v) is 8.54. The predicted octanol–water partition coefficient (Wildman–Crippen LogP) is 4.53. The zero-order valence-electron chi connectivity index (χ0n) is 14.7. The largest absolute Gasteiger partial charge is 0.424 e. The molecule has 11 heteroatoms. The third-order valence-electron chi connectivity index (χ3n) is 3.61. The molecule has 0 atom stereocenters. The van der Waals surface area contributed by atoms with Crippen LogP contribution in [0.5, 0.6) is 11.5 Å². The topological polar surface area (TPSA) is 108 Å². The van der Waals surface area contributed by atoms with E-state index in [1.807, 2.05) is 18.5 Å². The van der Waals surface area contributed by atoms with Crippen molar-refractivity contribution in [2.24, 2.45) is 0 Å².